The average Bonchev–Trinajstić information content (AvgIpc) is 2.68. The highest BCUT2D eigenvalue weighted by Gasteiger charge is 2.23. The molecule has 0 spiro atoms. The Morgan fingerprint density at radius 3 is 2.83 bits per heavy atom. The molecule has 0 aliphatic carbocycles. The van der Waals surface area contributed by atoms with E-state index in [9.17, 15) is 4.79 Å². The fraction of sp³-hybridized carbons (Fsp3) is 0.385. The zero-order valence-electron chi connectivity index (χ0n) is 10.8. The molecule has 2 N–H and O–H groups in total. The van der Waals surface area contributed by atoms with E-state index < -0.39 is 0 Å². The van der Waals surface area contributed by atoms with Gasteiger partial charge in [0.2, 0.25) is 0 Å². The highest BCUT2D eigenvalue weighted by atomic mass is 32.1. The summed E-state index contributed by atoms with van der Waals surface area (Å²) in [6.45, 7) is 6.66. The smallest absolute Gasteiger partial charge is 0.266 e. The van der Waals surface area contributed by atoms with Gasteiger partial charge in [-0.05, 0) is 32.9 Å². The first-order chi connectivity index (χ1) is 8.56. The SMILES string of the molecule is CCN(C(=O)c1sc2ncccc2c1N)C(C)C. The fourth-order valence-corrected chi connectivity index (χ4v) is 3.00. The van der Waals surface area contributed by atoms with Crippen LogP contribution in [0.3, 0.4) is 0 Å². The van der Waals surface area contributed by atoms with Crippen molar-refractivity contribution in [3.8, 4) is 0 Å². The molecule has 96 valence electrons. The second-order valence-corrected chi connectivity index (χ2v) is 5.38. The summed E-state index contributed by atoms with van der Waals surface area (Å²) in [5.41, 5.74) is 6.60. The Bertz CT molecular complexity index is 577. The minimum atomic E-state index is -0.00648. The molecular formula is C13H17N3OS. The third-order valence-corrected chi connectivity index (χ3v) is 4.04. The molecule has 0 unspecified atom stereocenters. The van der Waals surface area contributed by atoms with Crippen LogP contribution >= 0.6 is 11.3 Å². The minimum absolute atomic E-state index is 0.00648. The first-order valence-corrected chi connectivity index (χ1v) is 6.81. The summed E-state index contributed by atoms with van der Waals surface area (Å²) in [5, 5.41) is 0.866. The molecule has 0 fully saturated rings. The van der Waals surface area contributed by atoms with Crippen molar-refractivity contribution in [1.29, 1.82) is 0 Å². The van der Waals surface area contributed by atoms with E-state index in [1.807, 2.05) is 32.9 Å². The number of amides is 1. The van der Waals surface area contributed by atoms with Crippen LogP contribution in [0.25, 0.3) is 10.2 Å². The quantitative estimate of drug-likeness (QED) is 0.926. The van der Waals surface area contributed by atoms with Gasteiger partial charge in [-0.1, -0.05) is 0 Å². The number of hydrogen-bond acceptors (Lipinski definition) is 4. The van der Waals surface area contributed by atoms with Crippen LogP contribution in [0.5, 0.6) is 0 Å². The number of carbonyl (C=O) groups excluding carboxylic acids is 1. The van der Waals surface area contributed by atoms with Crippen LogP contribution in [0.1, 0.15) is 30.4 Å². The van der Waals surface area contributed by atoms with Crippen molar-refractivity contribution in [2.45, 2.75) is 26.8 Å². The second-order valence-electron chi connectivity index (χ2n) is 4.39. The monoisotopic (exact) mass is 263 g/mol. The van der Waals surface area contributed by atoms with E-state index >= 15 is 0 Å². The van der Waals surface area contributed by atoms with Crippen molar-refractivity contribution in [1.82, 2.24) is 9.88 Å². The fourth-order valence-electron chi connectivity index (χ4n) is 1.98. The Morgan fingerprint density at radius 1 is 1.56 bits per heavy atom. The Kier molecular flexibility index (Phi) is 3.52. The van der Waals surface area contributed by atoms with E-state index in [4.69, 9.17) is 5.73 Å². The van der Waals surface area contributed by atoms with E-state index in [0.717, 1.165) is 10.2 Å². The summed E-state index contributed by atoms with van der Waals surface area (Å²) in [5.74, 6) is -0.00648. The van der Waals surface area contributed by atoms with Gasteiger partial charge in [-0.3, -0.25) is 4.79 Å². The molecule has 5 heteroatoms. The number of fused-ring (bicyclic) bond motifs is 1. The lowest BCUT2D eigenvalue weighted by molar-refractivity contribution is 0.0723. The van der Waals surface area contributed by atoms with E-state index in [1.165, 1.54) is 11.3 Å². The third kappa shape index (κ3) is 2.06. The summed E-state index contributed by atoms with van der Waals surface area (Å²) in [6, 6.07) is 3.90. The van der Waals surface area contributed by atoms with Gasteiger partial charge in [0.15, 0.2) is 0 Å². The summed E-state index contributed by atoms with van der Waals surface area (Å²) in [6.07, 6.45) is 1.71. The number of rotatable bonds is 3. The molecule has 4 nitrogen and oxygen atoms in total. The van der Waals surface area contributed by atoms with E-state index in [2.05, 4.69) is 4.98 Å². The molecule has 0 saturated carbocycles. The minimum Gasteiger partial charge on any atom is -0.397 e. The summed E-state index contributed by atoms with van der Waals surface area (Å²) < 4.78 is 0. The van der Waals surface area contributed by atoms with Crippen LogP contribution in [-0.4, -0.2) is 28.4 Å². The highest BCUT2D eigenvalue weighted by molar-refractivity contribution is 7.21. The molecular weight excluding hydrogens is 246 g/mol. The lowest BCUT2D eigenvalue weighted by atomic mass is 10.2. The van der Waals surface area contributed by atoms with Gasteiger partial charge in [0, 0.05) is 24.2 Å². The van der Waals surface area contributed by atoms with Gasteiger partial charge in [0.1, 0.15) is 9.71 Å². The number of nitrogens with zero attached hydrogens (tertiary/aromatic N) is 2. The van der Waals surface area contributed by atoms with Gasteiger partial charge in [0.25, 0.3) is 5.91 Å². The third-order valence-electron chi connectivity index (χ3n) is 2.92. The van der Waals surface area contributed by atoms with E-state index in [1.54, 1.807) is 11.1 Å². The van der Waals surface area contributed by atoms with E-state index in [0.29, 0.717) is 17.1 Å². The molecule has 0 aliphatic rings. The molecule has 2 rings (SSSR count). The van der Waals surface area contributed by atoms with Gasteiger partial charge >= 0.3 is 0 Å². The average molecular weight is 263 g/mol. The molecule has 0 aromatic carbocycles. The van der Waals surface area contributed by atoms with Crippen LogP contribution < -0.4 is 5.73 Å². The topological polar surface area (TPSA) is 59.2 Å². The standard InChI is InChI=1S/C13H17N3OS/c1-4-16(8(2)3)13(17)11-10(14)9-6-5-7-15-12(9)18-11/h5-8H,4,14H2,1-3H3. The highest BCUT2D eigenvalue weighted by Crippen LogP contribution is 2.33. The van der Waals surface area contributed by atoms with Crippen molar-refractivity contribution in [3.05, 3.63) is 23.2 Å². The number of anilines is 1. The summed E-state index contributed by atoms with van der Waals surface area (Å²) in [7, 11) is 0. The molecule has 0 radical (unpaired) electrons. The molecule has 2 aromatic heterocycles. The molecule has 0 saturated heterocycles. The number of hydrogen-bond donors (Lipinski definition) is 1. The maximum absolute atomic E-state index is 12.4. The first kappa shape index (κ1) is 12.8. The first-order valence-electron chi connectivity index (χ1n) is 6.00. The van der Waals surface area contributed by atoms with Gasteiger partial charge < -0.3 is 10.6 Å². The lowest BCUT2D eigenvalue weighted by Crippen LogP contribution is -2.36. The largest absolute Gasteiger partial charge is 0.397 e. The van der Waals surface area contributed by atoms with Crippen LogP contribution in [0, 0.1) is 0 Å². The zero-order valence-corrected chi connectivity index (χ0v) is 11.6. The number of nitrogen functional groups attached to an aromatic ring is 1. The van der Waals surface area contributed by atoms with Crippen molar-refractivity contribution < 1.29 is 4.79 Å². The maximum Gasteiger partial charge on any atom is 0.266 e. The normalized spacial score (nSPS) is 11.1. The number of aromatic nitrogens is 1. The Labute approximate surface area is 110 Å². The second kappa shape index (κ2) is 4.94. The number of nitrogens with two attached hydrogens (primary N) is 1. The van der Waals surface area contributed by atoms with Crippen LogP contribution in [0.4, 0.5) is 5.69 Å². The van der Waals surface area contributed by atoms with Crippen molar-refractivity contribution >= 4 is 33.1 Å². The molecule has 0 atom stereocenters. The lowest BCUT2D eigenvalue weighted by Gasteiger charge is -2.24. The predicted octanol–water partition coefficient (Wildman–Crippen LogP) is 2.75. The Morgan fingerprint density at radius 2 is 2.28 bits per heavy atom. The Balaban J connectivity index is 2.48. The molecule has 2 heterocycles. The Hall–Kier alpha value is -1.62. The van der Waals surface area contributed by atoms with Gasteiger partial charge in [-0.25, -0.2) is 4.98 Å². The van der Waals surface area contributed by atoms with Gasteiger partial charge in [0.05, 0.1) is 5.69 Å². The van der Waals surface area contributed by atoms with E-state index in [-0.39, 0.29) is 11.9 Å². The number of thiophene rings is 1. The molecule has 2 aromatic rings. The van der Waals surface area contributed by atoms with Crippen LogP contribution in [-0.2, 0) is 0 Å². The summed E-state index contributed by atoms with van der Waals surface area (Å²) >= 11 is 1.37. The van der Waals surface area contributed by atoms with Crippen LogP contribution in [0.15, 0.2) is 18.3 Å². The van der Waals surface area contributed by atoms with Gasteiger partial charge in [-0.15, -0.1) is 11.3 Å². The molecule has 18 heavy (non-hydrogen) atoms. The predicted molar refractivity (Wildman–Crippen MR) is 75.9 cm³/mol. The maximum atomic E-state index is 12.4. The molecule has 1 amide bonds. The van der Waals surface area contributed by atoms with Crippen molar-refractivity contribution in [2.75, 3.05) is 12.3 Å². The van der Waals surface area contributed by atoms with Crippen LogP contribution in [0.2, 0.25) is 0 Å². The van der Waals surface area contributed by atoms with Crippen molar-refractivity contribution in [3.63, 3.8) is 0 Å². The number of carbonyl (C=O) groups is 1. The zero-order chi connectivity index (χ0) is 13.3. The van der Waals surface area contributed by atoms with Crippen molar-refractivity contribution in [2.24, 2.45) is 0 Å². The number of pyridine rings is 1. The van der Waals surface area contributed by atoms with Gasteiger partial charge in [-0.2, -0.15) is 0 Å². The molecule has 0 bridgehead atoms. The molecule has 0 aliphatic heterocycles. The summed E-state index contributed by atoms with van der Waals surface area (Å²) in [4.78, 5) is 19.9.